The maximum absolute atomic E-state index is 13.1. The maximum Gasteiger partial charge on any atom is 0.410 e. The SMILES string of the molecule is CCC#CC1C2OC(C)(OC)C(C)(OC)OC2CN(C(=O)OC(C)(C)C)C12CC2. The molecule has 5 unspecified atom stereocenters. The Morgan fingerprint density at radius 1 is 1.14 bits per heavy atom. The highest BCUT2D eigenvalue weighted by Gasteiger charge is 2.68. The first kappa shape index (κ1) is 22.4. The lowest BCUT2D eigenvalue weighted by Gasteiger charge is -2.57. The summed E-state index contributed by atoms with van der Waals surface area (Å²) in [5.74, 6) is 4.16. The first-order valence-corrected chi connectivity index (χ1v) is 10.4. The van der Waals surface area contributed by atoms with E-state index in [0.717, 1.165) is 19.3 Å². The number of piperidine rings is 1. The second-order valence-corrected chi connectivity index (χ2v) is 9.39. The second-order valence-electron chi connectivity index (χ2n) is 9.39. The van der Waals surface area contributed by atoms with Gasteiger partial charge in [0, 0.05) is 20.6 Å². The number of carbonyl (C=O) groups is 1. The Balaban J connectivity index is 1.99. The number of hydrogen-bond acceptors (Lipinski definition) is 6. The summed E-state index contributed by atoms with van der Waals surface area (Å²) in [5, 5.41) is 0. The van der Waals surface area contributed by atoms with Gasteiger partial charge in [-0.3, -0.25) is 4.90 Å². The lowest BCUT2D eigenvalue weighted by atomic mass is 9.81. The van der Waals surface area contributed by atoms with Gasteiger partial charge in [0.2, 0.25) is 11.6 Å². The topological polar surface area (TPSA) is 66.5 Å². The van der Waals surface area contributed by atoms with Gasteiger partial charge in [-0.15, -0.1) is 5.92 Å². The van der Waals surface area contributed by atoms with Gasteiger partial charge in [-0.2, -0.15) is 0 Å². The molecule has 7 heteroatoms. The molecule has 5 atom stereocenters. The monoisotopic (exact) mass is 409 g/mol. The van der Waals surface area contributed by atoms with Crippen molar-refractivity contribution >= 4 is 6.09 Å². The second kappa shape index (κ2) is 7.42. The van der Waals surface area contributed by atoms with E-state index in [1.165, 1.54) is 0 Å². The summed E-state index contributed by atoms with van der Waals surface area (Å²) < 4.78 is 29.9. The highest BCUT2D eigenvalue weighted by atomic mass is 16.8. The number of amides is 1. The van der Waals surface area contributed by atoms with Crippen LogP contribution in [0.4, 0.5) is 4.79 Å². The van der Waals surface area contributed by atoms with Gasteiger partial charge in [0.1, 0.15) is 17.8 Å². The van der Waals surface area contributed by atoms with Crippen LogP contribution in [-0.4, -0.2) is 66.7 Å². The van der Waals surface area contributed by atoms with E-state index in [-0.39, 0.29) is 23.7 Å². The van der Waals surface area contributed by atoms with E-state index in [4.69, 9.17) is 23.7 Å². The predicted molar refractivity (Wildman–Crippen MR) is 107 cm³/mol. The fourth-order valence-corrected chi connectivity index (χ4v) is 4.34. The normalized spacial score (nSPS) is 38.1. The van der Waals surface area contributed by atoms with Crippen molar-refractivity contribution in [3.8, 4) is 11.8 Å². The van der Waals surface area contributed by atoms with Gasteiger partial charge in [-0.05, 0) is 47.5 Å². The van der Waals surface area contributed by atoms with Crippen molar-refractivity contribution in [2.24, 2.45) is 5.92 Å². The van der Waals surface area contributed by atoms with Crippen LogP contribution in [-0.2, 0) is 23.7 Å². The highest BCUT2D eigenvalue weighted by Crippen LogP contribution is 2.56. The van der Waals surface area contributed by atoms with E-state index in [1.54, 1.807) is 21.1 Å². The van der Waals surface area contributed by atoms with Gasteiger partial charge >= 0.3 is 6.09 Å². The van der Waals surface area contributed by atoms with E-state index >= 15 is 0 Å². The number of fused-ring (bicyclic) bond motifs is 1. The van der Waals surface area contributed by atoms with Crippen LogP contribution in [0.2, 0.25) is 0 Å². The zero-order valence-corrected chi connectivity index (χ0v) is 19.0. The van der Waals surface area contributed by atoms with Gasteiger partial charge in [-0.25, -0.2) is 4.79 Å². The third-order valence-corrected chi connectivity index (χ3v) is 6.33. The zero-order valence-electron chi connectivity index (χ0n) is 19.0. The molecular weight excluding hydrogens is 374 g/mol. The van der Waals surface area contributed by atoms with Gasteiger partial charge in [-0.1, -0.05) is 12.8 Å². The first-order valence-electron chi connectivity index (χ1n) is 10.4. The Bertz CT molecular complexity index is 702. The molecule has 0 N–H and O–H groups in total. The molecule has 1 amide bonds. The molecule has 2 aliphatic heterocycles. The number of carbonyl (C=O) groups excluding carboxylic acids is 1. The molecule has 7 nitrogen and oxygen atoms in total. The predicted octanol–water partition coefficient (Wildman–Crippen LogP) is 3.31. The van der Waals surface area contributed by atoms with Gasteiger partial charge in [0.15, 0.2) is 0 Å². The van der Waals surface area contributed by atoms with Crippen LogP contribution in [0.1, 0.15) is 60.8 Å². The molecule has 2 saturated heterocycles. The molecule has 29 heavy (non-hydrogen) atoms. The van der Waals surface area contributed by atoms with E-state index in [9.17, 15) is 4.79 Å². The van der Waals surface area contributed by atoms with Gasteiger partial charge < -0.3 is 23.7 Å². The quantitative estimate of drug-likeness (QED) is 0.652. The fraction of sp³-hybridized carbons (Fsp3) is 0.864. The Kier molecular flexibility index (Phi) is 5.72. The van der Waals surface area contributed by atoms with Crippen molar-refractivity contribution in [3.63, 3.8) is 0 Å². The van der Waals surface area contributed by atoms with Crippen molar-refractivity contribution in [1.82, 2.24) is 4.90 Å². The summed E-state index contributed by atoms with van der Waals surface area (Å²) in [7, 11) is 3.14. The molecule has 1 saturated carbocycles. The molecule has 0 radical (unpaired) electrons. The smallest absolute Gasteiger partial charge is 0.410 e. The molecular formula is C22H35NO6. The van der Waals surface area contributed by atoms with Gasteiger partial charge in [0.25, 0.3) is 0 Å². The largest absolute Gasteiger partial charge is 0.444 e. The minimum absolute atomic E-state index is 0.190. The van der Waals surface area contributed by atoms with Crippen LogP contribution < -0.4 is 0 Å². The summed E-state index contributed by atoms with van der Waals surface area (Å²) in [5.41, 5.74) is -0.960. The molecule has 1 aliphatic carbocycles. The lowest BCUT2D eigenvalue weighted by molar-refractivity contribution is -0.456. The van der Waals surface area contributed by atoms with Crippen molar-refractivity contribution in [2.75, 3.05) is 20.8 Å². The Labute approximate surface area is 174 Å². The standard InChI is InChI=1S/C22H35NO6/c1-9-10-11-15-17-16(27-20(5,25-7)21(6,26-8)28-17)14-23(22(15)12-13-22)18(24)29-19(2,3)4/h15-17H,9,12-14H2,1-8H3. The Morgan fingerprint density at radius 2 is 1.72 bits per heavy atom. The fourth-order valence-electron chi connectivity index (χ4n) is 4.34. The molecule has 3 aliphatic rings. The number of nitrogens with zero attached hydrogens (tertiary/aromatic N) is 1. The van der Waals surface area contributed by atoms with Crippen molar-refractivity contribution < 1.29 is 28.5 Å². The summed E-state index contributed by atoms with van der Waals surface area (Å²) >= 11 is 0. The van der Waals surface area contributed by atoms with E-state index in [0.29, 0.717) is 6.54 Å². The van der Waals surface area contributed by atoms with E-state index in [1.807, 2.05) is 39.5 Å². The average molecular weight is 410 g/mol. The van der Waals surface area contributed by atoms with Crippen molar-refractivity contribution in [1.29, 1.82) is 0 Å². The van der Waals surface area contributed by atoms with Crippen LogP contribution in [0, 0.1) is 17.8 Å². The maximum atomic E-state index is 13.1. The van der Waals surface area contributed by atoms with E-state index in [2.05, 4.69) is 11.8 Å². The van der Waals surface area contributed by atoms with Crippen LogP contribution in [0.15, 0.2) is 0 Å². The molecule has 3 rings (SSSR count). The van der Waals surface area contributed by atoms with E-state index < -0.39 is 23.3 Å². The minimum atomic E-state index is -1.13. The average Bonchev–Trinajstić information content (AvgIpc) is 3.42. The molecule has 3 fully saturated rings. The zero-order chi connectivity index (χ0) is 21.7. The highest BCUT2D eigenvalue weighted by molar-refractivity contribution is 5.70. The number of likely N-dealkylation sites (tertiary alicyclic amines) is 1. The molecule has 0 bridgehead atoms. The van der Waals surface area contributed by atoms with Crippen LogP contribution in [0.3, 0.4) is 0 Å². The van der Waals surface area contributed by atoms with Crippen LogP contribution >= 0.6 is 0 Å². The number of ether oxygens (including phenoxy) is 5. The Hall–Kier alpha value is -1.33. The number of methoxy groups -OCH3 is 2. The molecule has 164 valence electrons. The Morgan fingerprint density at radius 3 is 2.21 bits per heavy atom. The number of rotatable bonds is 2. The summed E-state index contributed by atoms with van der Waals surface area (Å²) in [6, 6.07) is 0. The molecule has 0 aromatic rings. The van der Waals surface area contributed by atoms with Crippen molar-refractivity contribution in [3.05, 3.63) is 0 Å². The minimum Gasteiger partial charge on any atom is -0.444 e. The van der Waals surface area contributed by atoms with Crippen LogP contribution in [0.5, 0.6) is 0 Å². The third-order valence-electron chi connectivity index (χ3n) is 6.33. The molecule has 1 spiro atoms. The molecule has 0 aromatic heterocycles. The third kappa shape index (κ3) is 3.76. The van der Waals surface area contributed by atoms with Crippen LogP contribution in [0.25, 0.3) is 0 Å². The molecule has 2 heterocycles. The van der Waals surface area contributed by atoms with Crippen molar-refractivity contribution in [2.45, 2.75) is 95.7 Å². The first-order chi connectivity index (χ1) is 13.5. The lowest BCUT2D eigenvalue weighted by Crippen LogP contribution is -2.72. The van der Waals surface area contributed by atoms with Gasteiger partial charge in [0.05, 0.1) is 18.0 Å². The summed E-state index contributed by atoms with van der Waals surface area (Å²) in [6.45, 7) is 11.6. The molecule has 0 aromatic carbocycles. The number of hydrogen-bond donors (Lipinski definition) is 0. The summed E-state index contributed by atoms with van der Waals surface area (Å²) in [4.78, 5) is 14.9. The summed E-state index contributed by atoms with van der Waals surface area (Å²) in [6.07, 6.45) is 1.40.